The quantitative estimate of drug-likeness (QED) is 0.813. The van der Waals surface area contributed by atoms with Gasteiger partial charge in [0.1, 0.15) is 0 Å². The van der Waals surface area contributed by atoms with Crippen molar-refractivity contribution in [3.8, 4) is 0 Å². The van der Waals surface area contributed by atoms with Crippen molar-refractivity contribution in [3.63, 3.8) is 0 Å². The fourth-order valence-electron chi connectivity index (χ4n) is 2.75. The van der Waals surface area contributed by atoms with Crippen LogP contribution >= 0.6 is 11.8 Å². The number of urea groups is 1. The second-order valence-electron chi connectivity index (χ2n) is 5.84. The molecule has 0 bridgehead atoms. The first kappa shape index (κ1) is 17.7. The third-order valence-electron chi connectivity index (χ3n) is 4.22. The first-order valence-electron chi connectivity index (χ1n) is 8.08. The van der Waals surface area contributed by atoms with Crippen molar-refractivity contribution >= 4 is 23.7 Å². The van der Waals surface area contributed by atoms with E-state index in [0.717, 1.165) is 11.3 Å². The number of carbonyl (C=O) groups is 2. The summed E-state index contributed by atoms with van der Waals surface area (Å²) in [6, 6.07) is 8.17. The van der Waals surface area contributed by atoms with E-state index < -0.39 is 0 Å². The summed E-state index contributed by atoms with van der Waals surface area (Å²) in [6.45, 7) is 5.27. The zero-order chi connectivity index (χ0) is 16.8. The molecule has 1 saturated heterocycles. The Kier molecular flexibility index (Phi) is 6.33. The van der Waals surface area contributed by atoms with Crippen molar-refractivity contribution in [2.45, 2.75) is 37.6 Å². The molecule has 23 heavy (non-hydrogen) atoms. The van der Waals surface area contributed by atoms with Crippen LogP contribution < -0.4 is 11.1 Å². The average molecular weight is 335 g/mol. The number of primary amides is 1. The largest absolute Gasteiger partial charge is 0.369 e. The predicted molar refractivity (Wildman–Crippen MR) is 93.3 cm³/mol. The minimum atomic E-state index is -0.261. The van der Waals surface area contributed by atoms with Gasteiger partial charge >= 0.3 is 6.03 Å². The van der Waals surface area contributed by atoms with Gasteiger partial charge in [0.15, 0.2) is 0 Å². The van der Waals surface area contributed by atoms with Gasteiger partial charge in [0.2, 0.25) is 5.91 Å². The molecule has 1 aromatic carbocycles. The number of amides is 3. The lowest BCUT2D eigenvalue weighted by molar-refractivity contribution is -0.123. The number of rotatable bonds is 5. The lowest BCUT2D eigenvalue weighted by Gasteiger charge is -2.31. The van der Waals surface area contributed by atoms with Crippen LogP contribution in [0.5, 0.6) is 0 Å². The summed E-state index contributed by atoms with van der Waals surface area (Å²) in [6.07, 6.45) is 1.31. The summed E-state index contributed by atoms with van der Waals surface area (Å²) in [5.74, 6) is 0.691. The van der Waals surface area contributed by atoms with Gasteiger partial charge in [-0.25, -0.2) is 4.79 Å². The van der Waals surface area contributed by atoms with Gasteiger partial charge in [0, 0.05) is 23.9 Å². The van der Waals surface area contributed by atoms with E-state index in [4.69, 9.17) is 5.73 Å². The number of nitrogens with two attached hydrogens (primary N) is 1. The molecule has 2 rings (SSSR count). The Morgan fingerprint density at radius 2 is 1.91 bits per heavy atom. The summed E-state index contributed by atoms with van der Waals surface area (Å²) < 4.78 is 0. The van der Waals surface area contributed by atoms with Crippen LogP contribution in [-0.2, 0) is 4.79 Å². The highest BCUT2D eigenvalue weighted by molar-refractivity contribution is 7.99. The van der Waals surface area contributed by atoms with Crippen LogP contribution in [0.4, 0.5) is 4.79 Å². The van der Waals surface area contributed by atoms with Crippen molar-refractivity contribution in [1.82, 2.24) is 10.2 Å². The van der Waals surface area contributed by atoms with Crippen molar-refractivity contribution in [2.24, 2.45) is 11.7 Å². The van der Waals surface area contributed by atoms with E-state index >= 15 is 0 Å². The standard InChI is InChI=1S/C17H25N3O2S/c1-3-23-15-6-4-13(5-7-15)12(2)19-17(22)20-10-8-14(9-11-20)16(18)21/h4-7,12,14H,3,8-11H2,1-2H3,(H2,18,21)(H,19,22)/t12-/m1/s1. The molecule has 1 heterocycles. The number of hydrogen-bond acceptors (Lipinski definition) is 3. The topological polar surface area (TPSA) is 75.4 Å². The molecule has 1 aliphatic heterocycles. The van der Waals surface area contributed by atoms with Gasteiger partial charge in [0.25, 0.3) is 0 Å². The van der Waals surface area contributed by atoms with Gasteiger partial charge in [-0.3, -0.25) is 4.79 Å². The fraction of sp³-hybridized carbons (Fsp3) is 0.529. The Hall–Kier alpha value is -1.69. The maximum absolute atomic E-state index is 12.3. The summed E-state index contributed by atoms with van der Waals surface area (Å²) in [5.41, 5.74) is 6.41. The molecule has 0 saturated carbocycles. The normalized spacial score (nSPS) is 16.9. The molecule has 1 aromatic rings. The number of carbonyl (C=O) groups excluding carboxylic acids is 2. The molecule has 3 amide bonds. The molecule has 3 N–H and O–H groups in total. The molecule has 0 aromatic heterocycles. The van der Waals surface area contributed by atoms with E-state index in [2.05, 4.69) is 36.5 Å². The summed E-state index contributed by atoms with van der Waals surface area (Å²) in [4.78, 5) is 26.5. The summed E-state index contributed by atoms with van der Waals surface area (Å²) >= 11 is 1.80. The molecule has 0 radical (unpaired) electrons. The molecular weight excluding hydrogens is 310 g/mol. The van der Waals surface area contributed by atoms with E-state index in [-0.39, 0.29) is 23.9 Å². The van der Waals surface area contributed by atoms with Crippen LogP contribution in [0.1, 0.15) is 38.3 Å². The van der Waals surface area contributed by atoms with Crippen LogP contribution in [0.15, 0.2) is 29.2 Å². The molecule has 0 aliphatic carbocycles. The van der Waals surface area contributed by atoms with E-state index in [1.807, 2.05) is 6.92 Å². The van der Waals surface area contributed by atoms with Crippen molar-refractivity contribution in [1.29, 1.82) is 0 Å². The number of hydrogen-bond donors (Lipinski definition) is 2. The summed E-state index contributed by atoms with van der Waals surface area (Å²) in [7, 11) is 0. The Labute approximate surface area is 142 Å². The highest BCUT2D eigenvalue weighted by Crippen LogP contribution is 2.21. The minimum absolute atomic E-state index is 0.0444. The van der Waals surface area contributed by atoms with Crippen LogP contribution in [0, 0.1) is 5.92 Å². The molecule has 0 spiro atoms. The van der Waals surface area contributed by atoms with Gasteiger partial charge in [0.05, 0.1) is 6.04 Å². The Morgan fingerprint density at radius 1 is 1.30 bits per heavy atom. The Morgan fingerprint density at radius 3 is 2.43 bits per heavy atom. The third kappa shape index (κ3) is 4.89. The van der Waals surface area contributed by atoms with Crippen LogP contribution in [-0.4, -0.2) is 35.7 Å². The number of nitrogens with zero attached hydrogens (tertiary/aromatic N) is 1. The third-order valence-corrected chi connectivity index (χ3v) is 5.11. The maximum atomic E-state index is 12.3. The van der Waals surface area contributed by atoms with Gasteiger partial charge in [-0.1, -0.05) is 19.1 Å². The second kappa shape index (κ2) is 8.24. The van der Waals surface area contributed by atoms with Crippen molar-refractivity contribution in [2.75, 3.05) is 18.8 Å². The maximum Gasteiger partial charge on any atom is 0.317 e. The number of benzene rings is 1. The molecule has 1 fully saturated rings. The molecule has 5 nitrogen and oxygen atoms in total. The predicted octanol–water partition coefficient (Wildman–Crippen LogP) is 2.77. The van der Waals surface area contributed by atoms with E-state index in [0.29, 0.717) is 25.9 Å². The number of thioether (sulfide) groups is 1. The van der Waals surface area contributed by atoms with Crippen LogP contribution in [0.3, 0.4) is 0 Å². The monoisotopic (exact) mass is 335 g/mol. The zero-order valence-electron chi connectivity index (χ0n) is 13.7. The van der Waals surface area contributed by atoms with E-state index in [9.17, 15) is 9.59 Å². The van der Waals surface area contributed by atoms with E-state index in [1.165, 1.54) is 4.90 Å². The smallest absolute Gasteiger partial charge is 0.317 e. The van der Waals surface area contributed by atoms with Gasteiger partial charge in [-0.15, -0.1) is 11.8 Å². The molecule has 126 valence electrons. The van der Waals surface area contributed by atoms with Crippen LogP contribution in [0.25, 0.3) is 0 Å². The zero-order valence-corrected chi connectivity index (χ0v) is 14.6. The van der Waals surface area contributed by atoms with Gasteiger partial charge in [-0.05, 0) is 43.2 Å². The number of nitrogens with one attached hydrogen (secondary N) is 1. The van der Waals surface area contributed by atoms with Gasteiger partial charge in [-0.2, -0.15) is 0 Å². The number of likely N-dealkylation sites (tertiary alicyclic amines) is 1. The lowest BCUT2D eigenvalue weighted by atomic mass is 9.96. The molecule has 1 aliphatic rings. The molecule has 6 heteroatoms. The second-order valence-corrected chi connectivity index (χ2v) is 7.17. The fourth-order valence-corrected chi connectivity index (χ4v) is 3.41. The minimum Gasteiger partial charge on any atom is -0.369 e. The highest BCUT2D eigenvalue weighted by Gasteiger charge is 2.26. The molecule has 1 atom stereocenters. The van der Waals surface area contributed by atoms with Gasteiger partial charge < -0.3 is 16.0 Å². The van der Waals surface area contributed by atoms with Crippen molar-refractivity contribution in [3.05, 3.63) is 29.8 Å². The van der Waals surface area contributed by atoms with Crippen molar-refractivity contribution < 1.29 is 9.59 Å². The average Bonchev–Trinajstić information content (AvgIpc) is 2.55. The highest BCUT2D eigenvalue weighted by atomic mass is 32.2. The van der Waals surface area contributed by atoms with E-state index in [1.54, 1.807) is 16.7 Å². The Bertz CT molecular complexity index is 539. The first-order valence-corrected chi connectivity index (χ1v) is 9.07. The lowest BCUT2D eigenvalue weighted by Crippen LogP contribution is -2.46. The number of piperidine rings is 1. The SMILES string of the molecule is CCSc1ccc([C@@H](C)NC(=O)N2CCC(C(N)=O)CC2)cc1. The van der Waals surface area contributed by atoms with Crippen LogP contribution in [0.2, 0.25) is 0 Å². The summed E-state index contributed by atoms with van der Waals surface area (Å²) in [5, 5.41) is 3.03. The molecule has 0 unspecified atom stereocenters. The molecular formula is C17H25N3O2S. The first-order chi connectivity index (χ1) is 11.0. The Balaban J connectivity index is 1.86.